The molecule has 0 N–H and O–H groups in total. The average Bonchev–Trinajstić information content (AvgIpc) is 2.67. The van der Waals surface area contributed by atoms with Crippen molar-refractivity contribution < 1.29 is 9.47 Å². The Morgan fingerprint density at radius 1 is 1.35 bits per heavy atom. The first-order valence-electron chi connectivity index (χ1n) is 7.19. The van der Waals surface area contributed by atoms with Gasteiger partial charge in [-0.25, -0.2) is 0 Å². The smallest absolute Gasteiger partial charge is 0.196 e. The highest BCUT2D eigenvalue weighted by Gasteiger charge is 2.10. The zero-order chi connectivity index (χ0) is 14.4. The molecule has 20 heavy (non-hydrogen) atoms. The molecule has 1 aliphatic heterocycles. The number of aromatic nitrogens is 1. The second kappa shape index (κ2) is 7.28. The summed E-state index contributed by atoms with van der Waals surface area (Å²) in [4.78, 5) is 2.29. The van der Waals surface area contributed by atoms with E-state index in [0.717, 1.165) is 55.3 Å². The standard InChI is InChI=1S/C16H22N2O2/c1-14(2)16-7-6-15(13-18(16)19)5-3-8-17-9-4-11-20-12-10-17/h6-7,13-14H,4,8-12H2,1-2H3. The minimum absolute atomic E-state index is 0.228. The van der Waals surface area contributed by atoms with Gasteiger partial charge in [0.15, 0.2) is 11.9 Å². The van der Waals surface area contributed by atoms with Crippen LogP contribution in [0.1, 0.15) is 37.4 Å². The highest BCUT2D eigenvalue weighted by atomic mass is 16.5. The molecule has 0 unspecified atom stereocenters. The first kappa shape index (κ1) is 14.8. The van der Waals surface area contributed by atoms with Gasteiger partial charge in [-0.1, -0.05) is 25.7 Å². The number of rotatable bonds is 2. The van der Waals surface area contributed by atoms with Gasteiger partial charge in [-0.05, 0) is 12.5 Å². The van der Waals surface area contributed by atoms with Crippen LogP contribution in [-0.4, -0.2) is 37.7 Å². The van der Waals surface area contributed by atoms with E-state index in [1.807, 2.05) is 26.0 Å². The third-order valence-corrected chi connectivity index (χ3v) is 3.39. The fraction of sp³-hybridized carbons (Fsp3) is 0.562. The maximum absolute atomic E-state index is 11.8. The maximum Gasteiger partial charge on any atom is 0.196 e. The van der Waals surface area contributed by atoms with Crippen LogP contribution in [0.15, 0.2) is 18.3 Å². The quantitative estimate of drug-likeness (QED) is 0.466. The van der Waals surface area contributed by atoms with Gasteiger partial charge in [-0.2, -0.15) is 4.73 Å². The minimum Gasteiger partial charge on any atom is -0.618 e. The zero-order valence-electron chi connectivity index (χ0n) is 12.3. The summed E-state index contributed by atoms with van der Waals surface area (Å²) in [7, 11) is 0. The van der Waals surface area contributed by atoms with Crippen molar-refractivity contribution in [3.8, 4) is 11.8 Å². The summed E-state index contributed by atoms with van der Waals surface area (Å²) in [5.41, 5.74) is 1.55. The Balaban J connectivity index is 1.96. The van der Waals surface area contributed by atoms with Crippen LogP contribution < -0.4 is 4.73 Å². The molecule has 0 saturated carbocycles. The van der Waals surface area contributed by atoms with Crippen LogP contribution in [0.3, 0.4) is 0 Å². The molecule has 0 radical (unpaired) electrons. The number of hydrogen-bond acceptors (Lipinski definition) is 3. The van der Waals surface area contributed by atoms with E-state index in [1.165, 1.54) is 0 Å². The summed E-state index contributed by atoms with van der Waals surface area (Å²) < 4.78 is 6.33. The van der Waals surface area contributed by atoms with Gasteiger partial charge in [0.05, 0.1) is 18.7 Å². The third-order valence-electron chi connectivity index (χ3n) is 3.39. The van der Waals surface area contributed by atoms with Crippen LogP contribution in [-0.2, 0) is 4.74 Å². The predicted octanol–water partition coefficient (Wildman–Crippen LogP) is 1.52. The molecule has 2 heterocycles. The first-order chi connectivity index (χ1) is 9.66. The van der Waals surface area contributed by atoms with Crippen molar-refractivity contribution in [2.75, 3.05) is 32.8 Å². The molecule has 108 valence electrons. The SMILES string of the molecule is CC(C)c1ccc(C#CCN2CCCOCC2)c[n+]1[O-]. The Morgan fingerprint density at radius 2 is 2.20 bits per heavy atom. The molecule has 1 aliphatic rings. The second-order valence-corrected chi connectivity index (χ2v) is 5.37. The van der Waals surface area contributed by atoms with E-state index < -0.39 is 0 Å². The monoisotopic (exact) mass is 274 g/mol. The highest BCUT2D eigenvalue weighted by Crippen LogP contribution is 2.09. The van der Waals surface area contributed by atoms with Crippen molar-refractivity contribution >= 4 is 0 Å². The van der Waals surface area contributed by atoms with E-state index >= 15 is 0 Å². The zero-order valence-corrected chi connectivity index (χ0v) is 12.3. The number of nitrogens with zero attached hydrogens (tertiary/aromatic N) is 2. The van der Waals surface area contributed by atoms with Gasteiger partial charge >= 0.3 is 0 Å². The van der Waals surface area contributed by atoms with Gasteiger partial charge < -0.3 is 9.94 Å². The van der Waals surface area contributed by atoms with E-state index in [-0.39, 0.29) is 5.92 Å². The van der Waals surface area contributed by atoms with Crippen molar-refractivity contribution in [3.05, 3.63) is 34.8 Å². The van der Waals surface area contributed by atoms with Gasteiger partial charge in [0.1, 0.15) is 0 Å². The average molecular weight is 274 g/mol. The molecule has 1 saturated heterocycles. The largest absolute Gasteiger partial charge is 0.618 e. The van der Waals surface area contributed by atoms with Gasteiger partial charge in [0.25, 0.3) is 0 Å². The second-order valence-electron chi connectivity index (χ2n) is 5.37. The Morgan fingerprint density at radius 3 is 2.95 bits per heavy atom. The van der Waals surface area contributed by atoms with Crippen molar-refractivity contribution in [1.82, 2.24) is 4.90 Å². The lowest BCUT2D eigenvalue weighted by Crippen LogP contribution is -2.32. The molecule has 0 amide bonds. The van der Waals surface area contributed by atoms with Crippen LogP contribution in [0, 0.1) is 17.0 Å². The Hall–Kier alpha value is -1.57. The molecule has 1 aromatic heterocycles. The molecule has 0 spiro atoms. The fourth-order valence-electron chi connectivity index (χ4n) is 2.22. The van der Waals surface area contributed by atoms with Crippen LogP contribution in [0.25, 0.3) is 0 Å². The minimum atomic E-state index is 0.228. The summed E-state index contributed by atoms with van der Waals surface area (Å²) in [5, 5.41) is 11.8. The van der Waals surface area contributed by atoms with E-state index in [4.69, 9.17) is 4.74 Å². The van der Waals surface area contributed by atoms with Crippen LogP contribution in [0.2, 0.25) is 0 Å². The number of pyridine rings is 1. The highest BCUT2D eigenvalue weighted by molar-refractivity contribution is 5.31. The molecular formula is C16H22N2O2. The Kier molecular flexibility index (Phi) is 5.40. The van der Waals surface area contributed by atoms with Gasteiger partial charge in [0.2, 0.25) is 0 Å². The molecule has 4 nitrogen and oxygen atoms in total. The molecule has 0 aromatic carbocycles. The van der Waals surface area contributed by atoms with E-state index in [9.17, 15) is 5.21 Å². The summed E-state index contributed by atoms with van der Waals surface area (Å²) >= 11 is 0. The summed E-state index contributed by atoms with van der Waals surface area (Å²) in [6.45, 7) is 8.34. The van der Waals surface area contributed by atoms with Crippen molar-refractivity contribution in [3.63, 3.8) is 0 Å². The molecule has 1 aromatic rings. The van der Waals surface area contributed by atoms with E-state index in [1.54, 1.807) is 6.20 Å². The van der Waals surface area contributed by atoms with E-state index in [2.05, 4.69) is 16.7 Å². The van der Waals surface area contributed by atoms with Crippen LogP contribution in [0.4, 0.5) is 0 Å². The normalized spacial score (nSPS) is 16.6. The summed E-state index contributed by atoms with van der Waals surface area (Å²) in [6, 6.07) is 3.78. The first-order valence-corrected chi connectivity index (χ1v) is 7.19. The maximum atomic E-state index is 11.8. The topological polar surface area (TPSA) is 39.4 Å². The third kappa shape index (κ3) is 4.22. The predicted molar refractivity (Wildman–Crippen MR) is 78.2 cm³/mol. The summed E-state index contributed by atoms with van der Waals surface area (Å²) in [5.74, 6) is 6.44. The Labute approximate surface area is 120 Å². The van der Waals surface area contributed by atoms with Gasteiger partial charge in [0, 0.05) is 31.7 Å². The van der Waals surface area contributed by atoms with Crippen molar-refractivity contribution in [2.45, 2.75) is 26.2 Å². The molecule has 0 atom stereocenters. The molecule has 2 rings (SSSR count). The van der Waals surface area contributed by atoms with Crippen molar-refractivity contribution in [1.29, 1.82) is 0 Å². The lowest BCUT2D eigenvalue weighted by Gasteiger charge is -2.14. The van der Waals surface area contributed by atoms with Crippen molar-refractivity contribution in [2.24, 2.45) is 0 Å². The molecule has 0 bridgehead atoms. The van der Waals surface area contributed by atoms with Crippen LogP contribution >= 0.6 is 0 Å². The fourth-order valence-corrected chi connectivity index (χ4v) is 2.22. The molecule has 4 heteroatoms. The molecule has 1 fully saturated rings. The number of hydrogen-bond donors (Lipinski definition) is 0. The van der Waals surface area contributed by atoms with E-state index in [0.29, 0.717) is 0 Å². The Bertz CT molecular complexity index is 495. The lowest BCUT2D eigenvalue weighted by molar-refractivity contribution is -0.615. The van der Waals surface area contributed by atoms with Gasteiger partial charge in [-0.15, -0.1) is 0 Å². The van der Waals surface area contributed by atoms with Crippen LogP contribution in [0.5, 0.6) is 0 Å². The molecule has 0 aliphatic carbocycles. The summed E-state index contributed by atoms with van der Waals surface area (Å²) in [6.07, 6.45) is 2.62. The lowest BCUT2D eigenvalue weighted by atomic mass is 10.1. The number of ether oxygens (including phenoxy) is 1. The van der Waals surface area contributed by atoms with Gasteiger partial charge in [-0.3, -0.25) is 4.90 Å². The molecular weight excluding hydrogens is 252 g/mol.